The lowest BCUT2D eigenvalue weighted by molar-refractivity contribution is -0.329. The third kappa shape index (κ3) is 20.7. The number of carbonyl (C=O) groups is 1. The lowest BCUT2D eigenvalue weighted by Gasteiger charge is -2.46. The zero-order valence-corrected chi connectivity index (χ0v) is 48.7. The Morgan fingerprint density at radius 3 is 1.52 bits per heavy atom. The van der Waals surface area contributed by atoms with Crippen LogP contribution in [0.4, 0.5) is 13.2 Å². The van der Waals surface area contributed by atoms with Crippen LogP contribution < -0.4 is 0 Å². The Bertz CT molecular complexity index is 2900. The first-order valence-electron chi connectivity index (χ1n) is 29.5. The van der Waals surface area contributed by atoms with Crippen LogP contribution >= 0.6 is 0 Å². The van der Waals surface area contributed by atoms with Gasteiger partial charge in [0.15, 0.2) is 12.4 Å². The van der Waals surface area contributed by atoms with Crippen LogP contribution in [0.1, 0.15) is 111 Å². The van der Waals surface area contributed by atoms with Crippen molar-refractivity contribution in [2.75, 3.05) is 20.3 Å². The van der Waals surface area contributed by atoms with Crippen LogP contribution in [0, 0.1) is 11.8 Å². The van der Waals surface area contributed by atoms with Crippen LogP contribution in [0.25, 0.3) is 10.4 Å². The fourth-order valence-electron chi connectivity index (χ4n) is 10.1. The number of unbranched alkanes of at least 4 members (excludes halogenated alkanes) is 10. The predicted molar refractivity (Wildman–Crippen MR) is 319 cm³/mol. The molecule has 0 unspecified atom stereocenters. The number of rotatable bonds is 36. The first kappa shape index (κ1) is 65.7. The van der Waals surface area contributed by atoms with Crippen LogP contribution in [0.15, 0.2) is 187 Å². The summed E-state index contributed by atoms with van der Waals surface area (Å²) < 4.78 is 105. The quantitative estimate of drug-likeness (QED) is 0.00929. The van der Waals surface area contributed by atoms with E-state index >= 15 is 13.2 Å². The van der Waals surface area contributed by atoms with Crippen molar-refractivity contribution in [2.24, 2.45) is 5.11 Å². The van der Waals surface area contributed by atoms with Crippen molar-refractivity contribution in [1.82, 2.24) is 0 Å². The topological polar surface area (TPSA) is 149 Å². The molecule has 1 aliphatic heterocycles. The van der Waals surface area contributed by atoms with Crippen molar-refractivity contribution < 1.29 is 60.6 Å². The summed E-state index contributed by atoms with van der Waals surface area (Å²) in [7, 11) is 0.794. The van der Waals surface area contributed by atoms with Gasteiger partial charge >= 0.3 is 12.1 Å². The van der Waals surface area contributed by atoms with Gasteiger partial charge in [0.05, 0.1) is 52.3 Å². The molecule has 1 saturated heterocycles. The summed E-state index contributed by atoms with van der Waals surface area (Å²) in [6.45, 7) is 2.16. The number of benzene rings is 6. The van der Waals surface area contributed by atoms with Gasteiger partial charge < -0.3 is 42.6 Å². The van der Waals surface area contributed by atoms with Crippen molar-refractivity contribution in [3.05, 3.63) is 226 Å². The maximum atomic E-state index is 15.6. The highest BCUT2D eigenvalue weighted by atomic mass is 19.4. The molecule has 0 N–H and O–H groups in total. The first-order chi connectivity index (χ1) is 41.6. The normalized spacial score (nSPS) is 18.6. The molecule has 13 nitrogen and oxygen atoms in total. The van der Waals surface area contributed by atoms with Gasteiger partial charge in [-0.3, -0.25) is 0 Å². The minimum Gasteiger partial charge on any atom is -0.444 e. The van der Waals surface area contributed by atoms with Crippen molar-refractivity contribution in [3.63, 3.8) is 0 Å². The van der Waals surface area contributed by atoms with E-state index in [1.807, 2.05) is 127 Å². The summed E-state index contributed by atoms with van der Waals surface area (Å²) in [5.74, 6) is 4.26. The molecule has 452 valence electrons. The molecular formula is C69H80F3N3O10. The molecule has 16 heteroatoms. The smallest absolute Gasteiger partial charge is 0.432 e. The van der Waals surface area contributed by atoms with Gasteiger partial charge in [0.25, 0.3) is 5.60 Å². The summed E-state index contributed by atoms with van der Waals surface area (Å²) in [4.78, 5) is 17.9. The number of ether oxygens (including phenoxy) is 9. The lowest BCUT2D eigenvalue weighted by Crippen LogP contribution is -2.62. The number of carbonyl (C=O) groups excluding carboxylic acids is 1. The second-order valence-corrected chi connectivity index (χ2v) is 21.0. The molecule has 0 radical (unpaired) electrons. The van der Waals surface area contributed by atoms with E-state index in [-0.39, 0.29) is 39.6 Å². The standard InChI is InChI=1S/C69H80F3N3O10/c1-3-4-5-6-7-8-9-10-11-12-13-32-45-60(85-67(76)68(77-2,69(70,71)72)58-43-30-19-31-44-58)62(79-47-54-35-22-15-23-36-54)59(74-75-73)51-83-66-65(82-50-57-41-28-18-29-42-57)64(81-49-56-39-26-17-27-40-56)63(80-48-55-37-24-16-25-38-55)61(84-66)52-78-46-53-33-20-14-21-34-53/h14-31,33-44,59-66H,3-13,46-52H2,1-2H3/t59-,60+,61+,62-,63-,64-,65+,66-,68-/m0/s1. The molecule has 1 aliphatic rings. The average Bonchev–Trinajstić information content (AvgIpc) is 1.52. The molecule has 7 rings (SSSR count). The Kier molecular flexibility index (Phi) is 28.0. The maximum Gasteiger partial charge on any atom is 0.432 e. The number of azide groups is 1. The number of halogens is 3. The molecular weight excluding hydrogens is 1090 g/mol. The zero-order chi connectivity index (χ0) is 59.8. The zero-order valence-electron chi connectivity index (χ0n) is 48.7. The van der Waals surface area contributed by atoms with Gasteiger partial charge in [-0.25, -0.2) is 4.79 Å². The fraction of sp³-hybridized carbons (Fsp3) is 0.435. The molecule has 0 aliphatic carbocycles. The number of esters is 1. The number of nitrogens with zero attached hydrogens (tertiary/aromatic N) is 3. The molecule has 85 heavy (non-hydrogen) atoms. The van der Waals surface area contributed by atoms with E-state index in [0.29, 0.717) is 18.4 Å². The van der Waals surface area contributed by atoms with Gasteiger partial charge in [0, 0.05) is 24.0 Å². The number of hydrogen-bond acceptors (Lipinski definition) is 11. The van der Waals surface area contributed by atoms with Crippen LogP contribution in [0.5, 0.6) is 0 Å². The van der Waals surface area contributed by atoms with Gasteiger partial charge in [-0.05, 0) is 39.8 Å². The number of alkyl halides is 3. The molecule has 1 fully saturated rings. The molecule has 6 aromatic carbocycles. The molecule has 0 saturated carbocycles. The Labute approximate surface area is 499 Å². The number of hydrogen-bond donors (Lipinski definition) is 0. The highest BCUT2D eigenvalue weighted by molar-refractivity contribution is 5.83. The largest absolute Gasteiger partial charge is 0.444 e. The number of methoxy groups -OCH3 is 1. The van der Waals surface area contributed by atoms with Crippen molar-refractivity contribution in [2.45, 2.75) is 171 Å². The van der Waals surface area contributed by atoms with Gasteiger partial charge in [0.2, 0.25) is 0 Å². The van der Waals surface area contributed by atoms with Gasteiger partial charge in [0.1, 0.15) is 30.5 Å². The Balaban J connectivity index is 1.26. The molecule has 0 aromatic heterocycles. The van der Waals surface area contributed by atoms with Crippen molar-refractivity contribution >= 4 is 5.97 Å². The highest BCUT2D eigenvalue weighted by Crippen LogP contribution is 2.43. The molecule has 9 atom stereocenters. The van der Waals surface area contributed by atoms with E-state index in [4.69, 9.17) is 42.6 Å². The van der Waals surface area contributed by atoms with Crippen LogP contribution in [0.2, 0.25) is 0 Å². The molecule has 0 spiro atoms. The summed E-state index contributed by atoms with van der Waals surface area (Å²) in [6, 6.07) is 52.6. The molecule has 0 amide bonds. The van der Waals surface area contributed by atoms with Crippen LogP contribution in [-0.2, 0) is 86.1 Å². The third-order valence-corrected chi connectivity index (χ3v) is 14.7. The monoisotopic (exact) mass is 1170 g/mol. The van der Waals surface area contributed by atoms with Gasteiger partial charge in [-0.15, -0.1) is 0 Å². The van der Waals surface area contributed by atoms with Crippen molar-refractivity contribution in [3.8, 4) is 11.8 Å². The van der Waals surface area contributed by atoms with E-state index in [1.165, 1.54) is 50.3 Å². The second-order valence-electron chi connectivity index (χ2n) is 21.0. The fourth-order valence-corrected chi connectivity index (χ4v) is 10.1. The second kappa shape index (κ2) is 36.2. The molecule has 0 bridgehead atoms. The predicted octanol–water partition coefficient (Wildman–Crippen LogP) is 15.3. The van der Waals surface area contributed by atoms with E-state index in [0.717, 1.165) is 67.2 Å². The van der Waals surface area contributed by atoms with Crippen molar-refractivity contribution in [1.29, 1.82) is 0 Å². The minimum atomic E-state index is -5.32. The van der Waals surface area contributed by atoms with E-state index in [2.05, 4.69) is 28.8 Å². The Morgan fingerprint density at radius 1 is 0.588 bits per heavy atom. The Hall–Kier alpha value is -6.87. The third-order valence-electron chi connectivity index (χ3n) is 14.7. The summed E-state index contributed by atoms with van der Waals surface area (Å²) in [5.41, 5.74) is 10.5. The van der Waals surface area contributed by atoms with E-state index < -0.39 is 78.9 Å². The Morgan fingerprint density at radius 2 is 1.04 bits per heavy atom. The summed E-state index contributed by atoms with van der Waals surface area (Å²) in [5, 5.41) is 4.18. The minimum absolute atomic E-state index is 0.00192. The SMILES string of the molecule is CCCCCCCCCCCCC#C[C@@H](OC(=O)[C@@](OC)(c1ccccc1)C(F)(F)F)[C@@H](OCc1ccccc1)[C@H](CO[C@H]1O[C@H](COCc2ccccc2)[C@H](OCc2ccccc2)[C@H](OCc2ccccc2)[C@H]1OCc1ccccc1)N=[N+]=[N-]. The van der Waals surface area contributed by atoms with Gasteiger partial charge in [-0.2, -0.15) is 13.2 Å². The van der Waals surface area contributed by atoms with Crippen LogP contribution in [-0.4, -0.2) is 81.4 Å². The first-order valence-corrected chi connectivity index (χ1v) is 29.5. The lowest BCUT2D eigenvalue weighted by atomic mass is 9.92. The summed E-state index contributed by atoms with van der Waals surface area (Å²) in [6.07, 6.45) is -2.50. The molecule has 6 aromatic rings. The van der Waals surface area contributed by atoms with E-state index in [1.54, 1.807) is 24.3 Å². The average molecular weight is 1170 g/mol. The van der Waals surface area contributed by atoms with Gasteiger partial charge in [-0.1, -0.05) is 264 Å². The van der Waals surface area contributed by atoms with E-state index in [9.17, 15) is 10.3 Å². The maximum absolute atomic E-state index is 15.6. The summed E-state index contributed by atoms with van der Waals surface area (Å²) >= 11 is 0. The molecule has 1 heterocycles. The highest BCUT2D eigenvalue weighted by Gasteiger charge is 2.64. The van der Waals surface area contributed by atoms with Crippen LogP contribution in [0.3, 0.4) is 0 Å².